The number of aromatic nitrogens is 2. The molecule has 0 atom stereocenters. The number of rotatable bonds is 7. The highest BCUT2D eigenvalue weighted by atomic mass is 127. The fourth-order valence-corrected chi connectivity index (χ4v) is 2.48. The van der Waals surface area contributed by atoms with Gasteiger partial charge in [-0.05, 0) is 37.5 Å². The highest BCUT2D eigenvalue weighted by Crippen LogP contribution is 2.16. The molecule has 2 rings (SSSR count). The molecule has 132 valence electrons. The van der Waals surface area contributed by atoms with Crippen LogP contribution >= 0.6 is 35.6 Å². The molecule has 0 saturated carbocycles. The summed E-state index contributed by atoms with van der Waals surface area (Å²) in [7, 11) is 1.93. The van der Waals surface area contributed by atoms with E-state index in [0.717, 1.165) is 42.6 Å². The Labute approximate surface area is 165 Å². The third kappa shape index (κ3) is 6.68. The van der Waals surface area contributed by atoms with E-state index in [1.807, 2.05) is 36.0 Å². The monoisotopic (exact) mass is 461 g/mol. The zero-order valence-corrected chi connectivity index (χ0v) is 17.2. The Morgan fingerprint density at radius 1 is 1.25 bits per heavy atom. The number of hydrogen-bond acceptors (Lipinski definition) is 2. The number of aliphatic imine (C=N–C) groups is 1. The number of nitrogens with zero attached hydrogens (tertiary/aromatic N) is 3. The molecule has 0 aliphatic heterocycles. The number of nitrogens with one attached hydrogen (secondary N) is 2. The lowest BCUT2D eigenvalue weighted by molar-refractivity contribution is 0.703. The predicted octanol–water partition coefficient (Wildman–Crippen LogP) is 3.38. The Kier molecular flexibility index (Phi) is 9.78. The zero-order chi connectivity index (χ0) is 16.5. The van der Waals surface area contributed by atoms with Crippen LogP contribution in [-0.4, -0.2) is 28.8 Å². The Hall–Kier alpha value is -1.28. The summed E-state index contributed by atoms with van der Waals surface area (Å²) in [5.74, 6) is 0.827. The summed E-state index contributed by atoms with van der Waals surface area (Å²) in [6.07, 6.45) is 3.74. The summed E-state index contributed by atoms with van der Waals surface area (Å²) in [5.41, 5.74) is 2.27. The Bertz CT molecular complexity index is 641. The van der Waals surface area contributed by atoms with Crippen LogP contribution in [0.25, 0.3) is 0 Å². The minimum Gasteiger partial charge on any atom is -0.357 e. The maximum absolute atomic E-state index is 6.17. The number of aryl methyl sites for hydroxylation is 2. The Morgan fingerprint density at radius 3 is 2.71 bits per heavy atom. The van der Waals surface area contributed by atoms with Crippen molar-refractivity contribution in [3.63, 3.8) is 0 Å². The molecule has 5 nitrogen and oxygen atoms in total. The van der Waals surface area contributed by atoms with E-state index in [-0.39, 0.29) is 24.0 Å². The van der Waals surface area contributed by atoms with Crippen molar-refractivity contribution in [1.82, 2.24) is 20.4 Å². The molecule has 0 radical (unpaired) electrons. The lowest BCUT2D eigenvalue weighted by Crippen LogP contribution is -2.37. The second kappa shape index (κ2) is 11.3. The molecule has 0 aliphatic rings. The van der Waals surface area contributed by atoms with Crippen molar-refractivity contribution < 1.29 is 0 Å². The van der Waals surface area contributed by atoms with Crippen LogP contribution < -0.4 is 10.6 Å². The van der Waals surface area contributed by atoms with Gasteiger partial charge in [-0.25, -0.2) is 4.99 Å². The maximum Gasteiger partial charge on any atom is 0.191 e. The summed E-state index contributed by atoms with van der Waals surface area (Å²) < 4.78 is 1.84. The van der Waals surface area contributed by atoms with Crippen molar-refractivity contribution >= 4 is 41.5 Å². The van der Waals surface area contributed by atoms with Crippen molar-refractivity contribution in [2.45, 2.75) is 26.3 Å². The van der Waals surface area contributed by atoms with Gasteiger partial charge in [0.1, 0.15) is 0 Å². The lowest BCUT2D eigenvalue weighted by atomic mass is 10.1. The van der Waals surface area contributed by atoms with Crippen LogP contribution in [0.1, 0.15) is 24.6 Å². The number of benzene rings is 1. The molecule has 0 amide bonds. The molecule has 7 heteroatoms. The third-order valence-corrected chi connectivity index (χ3v) is 3.91. The topological polar surface area (TPSA) is 54.2 Å². The lowest BCUT2D eigenvalue weighted by Gasteiger charge is -2.11. The summed E-state index contributed by atoms with van der Waals surface area (Å²) in [6.45, 7) is 4.35. The van der Waals surface area contributed by atoms with E-state index in [4.69, 9.17) is 11.6 Å². The van der Waals surface area contributed by atoms with E-state index in [9.17, 15) is 0 Å². The van der Waals surface area contributed by atoms with Gasteiger partial charge in [-0.3, -0.25) is 4.68 Å². The quantitative estimate of drug-likeness (QED) is 0.288. The largest absolute Gasteiger partial charge is 0.357 e. The average molecular weight is 462 g/mol. The molecular formula is C17H25ClIN5. The molecule has 0 fully saturated rings. The average Bonchev–Trinajstić information content (AvgIpc) is 2.96. The van der Waals surface area contributed by atoms with Crippen LogP contribution in [0.5, 0.6) is 0 Å². The van der Waals surface area contributed by atoms with Gasteiger partial charge in [0.2, 0.25) is 0 Å². The van der Waals surface area contributed by atoms with Gasteiger partial charge in [-0.2, -0.15) is 5.10 Å². The molecule has 2 aromatic rings. The van der Waals surface area contributed by atoms with Crippen molar-refractivity contribution in [2.75, 3.05) is 13.1 Å². The van der Waals surface area contributed by atoms with Gasteiger partial charge in [0.05, 0.1) is 12.2 Å². The summed E-state index contributed by atoms with van der Waals surface area (Å²) in [6, 6.07) is 9.96. The fourth-order valence-electron chi connectivity index (χ4n) is 2.25. The first-order valence-corrected chi connectivity index (χ1v) is 8.31. The number of hydrogen-bond donors (Lipinski definition) is 2. The van der Waals surface area contributed by atoms with Gasteiger partial charge in [-0.15, -0.1) is 24.0 Å². The van der Waals surface area contributed by atoms with E-state index in [1.54, 1.807) is 6.20 Å². The third-order valence-electron chi connectivity index (χ3n) is 3.54. The van der Waals surface area contributed by atoms with Gasteiger partial charge in [-0.1, -0.05) is 29.8 Å². The molecule has 0 bridgehead atoms. The molecule has 0 saturated heterocycles. The second-order valence-corrected chi connectivity index (χ2v) is 5.67. The van der Waals surface area contributed by atoms with Crippen LogP contribution in [0.4, 0.5) is 0 Å². The molecule has 0 unspecified atom stereocenters. The van der Waals surface area contributed by atoms with Crippen LogP contribution in [0, 0.1) is 0 Å². The zero-order valence-electron chi connectivity index (χ0n) is 14.1. The minimum absolute atomic E-state index is 0. The standard InChI is InChI=1S/C17H24ClN5.HI/c1-3-19-17(21-13-15-10-12-22-23(15)2)20-11-6-8-14-7-4-5-9-16(14)18;/h4-5,7,9-10,12H,3,6,8,11,13H2,1-2H3,(H2,19,20,21);1H. The molecule has 2 N–H and O–H groups in total. The molecule has 0 aliphatic carbocycles. The molecular weight excluding hydrogens is 437 g/mol. The van der Waals surface area contributed by atoms with Crippen molar-refractivity contribution in [3.05, 3.63) is 52.8 Å². The van der Waals surface area contributed by atoms with Gasteiger partial charge in [0.25, 0.3) is 0 Å². The van der Waals surface area contributed by atoms with Crippen molar-refractivity contribution in [1.29, 1.82) is 0 Å². The molecule has 1 heterocycles. The highest BCUT2D eigenvalue weighted by molar-refractivity contribution is 14.0. The molecule has 1 aromatic heterocycles. The number of halogens is 2. The van der Waals surface area contributed by atoms with E-state index < -0.39 is 0 Å². The second-order valence-electron chi connectivity index (χ2n) is 5.26. The smallest absolute Gasteiger partial charge is 0.191 e. The fraction of sp³-hybridized carbons (Fsp3) is 0.412. The highest BCUT2D eigenvalue weighted by Gasteiger charge is 2.02. The van der Waals surface area contributed by atoms with Gasteiger partial charge >= 0.3 is 0 Å². The predicted molar refractivity (Wildman–Crippen MR) is 111 cm³/mol. The van der Waals surface area contributed by atoms with E-state index >= 15 is 0 Å². The normalized spacial score (nSPS) is 11.0. The van der Waals surface area contributed by atoms with Crippen molar-refractivity contribution in [3.8, 4) is 0 Å². The molecule has 0 spiro atoms. The Morgan fingerprint density at radius 2 is 2.04 bits per heavy atom. The van der Waals surface area contributed by atoms with Crippen molar-refractivity contribution in [2.24, 2.45) is 12.0 Å². The van der Waals surface area contributed by atoms with Crippen LogP contribution in [-0.2, 0) is 20.0 Å². The number of guanidine groups is 1. The summed E-state index contributed by atoms with van der Waals surface area (Å²) in [4.78, 5) is 4.59. The first kappa shape index (κ1) is 20.8. The van der Waals surface area contributed by atoms with Crippen LogP contribution in [0.15, 0.2) is 41.5 Å². The maximum atomic E-state index is 6.17. The first-order valence-electron chi connectivity index (χ1n) is 7.93. The van der Waals surface area contributed by atoms with Gasteiger partial charge in [0, 0.05) is 31.4 Å². The first-order chi connectivity index (χ1) is 11.2. The minimum atomic E-state index is 0. The van der Waals surface area contributed by atoms with E-state index in [2.05, 4.69) is 33.7 Å². The summed E-state index contributed by atoms with van der Waals surface area (Å²) in [5, 5.41) is 11.6. The Balaban J connectivity index is 0.00000288. The van der Waals surface area contributed by atoms with E-state index in [1.165, 1.54) is 5.56 Å². The van der Waals surface area contributed by atoms with E-state index in [0.29, 0.717) is 6.54 Å². The van der Waals surface area contributed by atoms with Gasteiger partial charge < -0.3 is 10.6 Å². The SMILES string of the molecule is CCNC(=NCc1ccnn1C)NCCCc1ccccc1Cl.I. The molecule has 24 heavy (non-hydrogen) atoms. The summed E-state index contributed by atoms with van der Waals surface area (Å²) >= 11 is 6.17. The van der Waals surface area contributed by atoms with Crippen LogP contribution in [0.2, 0.25) is 5.02 Å². The van der Waals surface area contributed by atoms with Gasteiger partial charge in [0.15, 0.2) is 5.96 Å². The van der Waals surface area contributed by atoms with Crippen LogP contribution in [0.3, 0.4) is 0 Å². The molecule has 1 aromatic carbocycles.